The maximum atomic E-state index is 11.7. The normalized spacial score (nSPS) is 22.7. The summed E-state index contributed by atoms with van der Waals surface area (Å²) in [7, 11) is 0. The Bertz CT molecular complexity index is 248. The van der Waals surface area contributed by atoms with Crippen molar-refractivity contribution in [2.75, 3.05) is 13.1 Å². The topological polar surface area (TPSA) is 83.6 Å². The number of hydrogen-bond acceptors (Lipinski definition) is 3. The van der Waals surface area contributed by atoms with Crippen molar-refractivity contribution in [3.05, 3.63) is 0 Å². The number of amides is 1. The first-order valence-corrected chi connectivity index (χ1v) is 5.37. The molecule has 1 aliphatic rings. The van der Waals surface area contributed by atoms with Crippen molar-refractivity contribution in [2.24, 2.45) is 5.73 Å². The van der Waals surface area contributed by atoms with Gasteiger partial charge in [0.25, 0.3) is 0 Å². The van der Waals surface area contributed by atoms with E-state index in [1.807, 2.05) is 0 Å². The van der Waals surface area contributed by atoms with Crippen molar-refractivity contribution in [2.45, 2.75) is 38.1 Å². The van der Waals surface area contributed by atoms with Crippen LogP contribution in [0.15, 0.2) is 0 Å². The van der Waals surface area contributed by atoms with Crippen LogP contribution >= 0.6 is 12.4 Å². The van der Waals surface area contributed by atoms with Crippen molar-refractivity contribution in [1.29, 1.82) is 0 Å². The Kier molecular flexibility index (Phi) is 7.08. The Morgan fingerprint density at radius 1 is 1.38 bits per heavy atom. The predicted molar refractivity (Wildman–Crippen MR) is 62.5 cm³/mol. The predicted octanol–water partition coefficient (Wildman–Crippen LogP) is 0.613. The molecule has 0 aromatic carbocycles. The van der Waals surface area contributed by atoms with Crippen LogP contribution in [0.5, 0.6) is 0 Å². The van der Waals surface area contributed by atoms with Crippen LogP contribution in [-0.4, -0.2) is 41.0 Å². The van der Waals surface area contributed by atoms with Crippen LogP contribution < -0.4 is 5.73 Å². The number of carboxylic acid groups (broad SMARTS) is 1. The Morgan fingerprint density at radius 3 is 2.62 bits per heavy atom. The largest absolute Gasteiger partial charge is 0.480 e. The number of aliphatic carboxylic acids is 1. The maximum Gasteiger partial charge on any atom is 0.323 e. The van der Waals surface area contributed by atoms with Crippen LogP contribution in [-0.2, 0) is 9.59 Å². The summed E-state index contributed by atoms with van der Waals surface area (Å²) in [6, 6.07) is -0.526. The van der Waals surface area contributed by atoms with Gasteiger partial charge in [0.15, 0.2) is 0 Å². The molecule has 6 heteroatoms. The number of carbonyl (C=O) groups is 2. The molecule has 3 N–H and O–H groups in total. The first-order valence-electron chi connectivity index (χ1n) is 5.37. The maximum absolute atomic E-state index is 11.7. The summed E-state index contributed by atoms with van der Waals surface area (Å²) < 4.78 is 0. The number of rotatable bonds is 2. The van der Waals surface area contributed by atoms with Gasteiger partial charge in [-0.2, -0.15) is 0 Å². The summed E-state index contributed by atoms with van der Waals surface area (Å²) in [6.45, 7) is 0.283. The number of halogens is 1. The fourth-order valence-electron chi connectivity index (χ4n) is 1.81. The lowest BCUT2D eigenvalue weighted by molar-refractivity contribution is -0.145. The van der Waals surface area contributed by atoms with Gasteiger partial charge in [0, 0.05) is 6.54 Å². The molecular weight excluding hydrogens is 232 g/mol. The lowest BCUT2D eigenvalue weighted by Gasteiger charge is -2.22. The molecule has 5 nitrogen and oxygen atoms in total. The Morgan fingerprint density at radius 2 is 2.00 bits per heavy atom. The van der Waals surface area contributed by atoms with Crippen molar-refractivity contribution in [1.82, 2.24) is 4.90 Å². The van der Waals surface area contributed by atoms with Gasteiger partial charge in [-0.15, -0.1) is 12.4 Å². The molecule has 16 heavy (non-hydrogen) atoms. The van der Waals surface area contributed by atoms with Crippen molar-refractivity contribution in [3.8, 4) is 0 Å². The molecule has 1 unspecified atom stereocenters. The Hall–Kier alpha value is -0.810. The van der Waals surface area contributed by atoms with E-state index in [4.69, 9.17) is 10.8 Å². The Balaban J connectivity index is 0.00000225. The summed E-state index contributed by atoms with van der Waals surface area (Å²) in [5.74, 6) is -1.20. The number of nitrogens with zero attached hydrogens (tertiary/aromatic N) is 1. The number of hydrogen-bond donors (Lipinski definition) is 2. The number of carboxylic acids is 1. The molecule has 1 atom stereocenters. The zero-order valence-corrected chi connectivity index (χ0v) is 10.0. The third kappa shape index (κ3) is 4.81. The molecule has 1 amide bonds. The summed E-state index contributed by atoms with van der Waals surface area (Å²) in [5.41, 5.74) is 5.70. The van der Waals surface area contributed by atoms with Crippen LogP contribution in [0.25, 0.3) is 0 Å². The lowest BCUT2D eigenvalue weighted by atomic mass is 10.1. The zero-order chi connectivity index (χ0) is 11.3. The lowest BCUT2D eigenvalue weighted by Crippen LogP contribution is -2.45. The molecule has 1 fully saturated rings. The third-order valence-corrected chi connectivity index (χ3v) is 2.65. The van der Waals surface area contributed by atoms with Gasteiger partial charge in [0.05, 0.1) is 6.04 Å². The van der Waals surface area contributed by atoms with E-state index < -0.39 is 12.0 Å². The second-order valence-corrected chi connectivity index (χ2v) is 3.96. The fraction of sp³-hybridized carbons (Fsp3) is 0.800. The summed E-state index contributed by atoms with van der Waals surface area (Å²) in [5, 5.41) is 8.67. The quantitative estimate of drug-likeness (QED) is 0.752. The second kappa shape index (κ2) is 7.46. The molecule has 94 valence electrons. The highest BCUT2D eigenvalue weighted by molar-refractivity contribution is 5.85. The Labute approximate surface area is 101 Å². The minimum absolute atomic E-state index is 0. The van der Waals surface area contributed by atoms with Gasteiger partial charge >= 0.3 is 5.97 Å². The summed E-state index contributed by atoms with van der Waals surface area (Å²) in [6.07, 6.45) is 4.59. The van der Waals surface area contributed by atoms with Crippen LogP contribution in [0.3, 0.4) is 0 Å². The summed E-state index contributed by atoms with van der Waals surface area (Å²) in [4.78, 5) is 23.7. The van der Waals surface area contributed by atoms with Crippen LogP contribution in [0, 0.1) is 0 Å². The number of carbonyl (C=O) groups excluding carboxylic acids is 1. The van der Waals surface area contributed by atoms with Gasteiger partial charge in [0.2, 0.25) is 5.91 Å². The van der Waals surface area contributed by atoms with Gasteiger partial charge in [-0.25, -0.2) is 0 Å². The minimum atomic E-state index is -0.977. The zero-order valence-electron chi connectivity index (χ0n) is 9.22. The van der Waals surface area contributed by atoms with E-state index in [9.17, 15) is 9.59 Å². The molecular formula is C10H19ClN2O3. The SMILES string of the molecule is Cl.NC1CCCCCCN(CC(=O)O)C1=O. The van der Waals surface area contributed by atoms with Crippen LogP contribution in [0.4, 0.5) is 0 Å². The van der Waals surface area contributed by atoms with Crippen molar-refractivity contribution >= 4 is 24.3 Å². The van der Waals surface area contributed by atoms with Crippen molar-refractivity contribution in [3.63, 3.8) is 0 Å². The van der Waals surface area contributed by atoms with E-state index in [2.05, 4.69) is 0 Å². The second-order valence-electron chi connectivity index (χ2n) is 3.96. The van der Waals surface area contributed by atoms with E-state index in [0.29, 0.717) is 13.0 Å². The highest BCUT2D eigenvalue weighted by Crippen LogP contribution is 2.11. The highest BCUT2D eigenvalue weighted by atomic mass is 35.5. The van der Waals surface area contributed by atoms with Gasteiger partial charge in [-0.1, -0.05) is 19.3 Å². The molecule has 0 saturated carbocycles. The van der Waals surface area contributed by atoms with Gasteiger partial charge in [-0.05, 0) is 12.8 Å². The minimum Gasteiger partial charge on any atom is -0.480 e. The molecule has 1 rings (SSSR count). The van der Waals surface area contributed by atoms with E-state index in [0.717, 1.165) is 25.7 Å². The number of nitrogens with two attached hydrogens (primary N) is 1. The van der Waals surface area contributed by atoms with E-state index >= 15 is 0 Å². The first kappa shape index (κ1) is 15.2. The third-order valence-electron chi connectivity index (χ3n) is 2.65. The molecule has 0 aliphatic carbocycles. The van der Waals surface area contributed by atoms with E-state index in [1.54, 1.807) is 0 Å². The molecule has 0 radical (unpaired) electrons. The first-order chi connectivity index (χ1) is 7.11. The highest BCUT2D eigenvalue weighted by Gasteiger charge is 2.23. The van der Waals surface area contributed by atoms with E-state index in [1.165, 1.54) is 4.90 Å². The summed E-state index contributed by atoms with van der Waals surface area (Å²) >= 11 is 0. The van der Waals surface area contributed by atoms with Gasteiger partial charge in [-0.3, -0.25) is 9.59 Å². The molecule has 0 aromatic heterocycles. The van der Waals surface area contributed by atoms with E-state index in [-0.39, 0.29) is 24.9 Å². The monoisotopic (exact) mass is 250 g/mol. The van der Waals surface area contributed by atoms with Gasteiger partial charge < -0.3 is 15.7 Å². The molecule has 0 aromatic rings. The molecule has 1 heterocycles. The average Bonchev–Trinajstić information content (AvgIpc) is 2.24. The standard InChI is InChI=1S/C10H18N2O3.ClH/c11-8-5-3-1-2-4-6-12(10(8)15)7-9(13)14;/h8H,1-7,11H2,(H,13,14);1H. The van der Waals surface area contributed by atoms with Gasteiger partial charge in [0.1, 0.15) is 6.54 Å². The van der Waals surface area contributed by atoms with Crippen LogP contribution in [0.1, 0.15) is 32.1 Å². The van der Waals surface area contributed by atoms with Crippen molar-refractivity contribution < 1.29 is 14.7 Å². The smallest absolute Gasteiger partial charge is 0.323 e. The van der Waals surface area contributed by atoms with Crippen LogP contribution in [0.2, 0.25) is 0 Å². The fourth-order valence-corrected chi connectivity index (χ4v) is 1.81. The molecule has 1 aliphatic heterocycles. The molecule has 1 saturated heterocycles. The molecule has 0 spiro atoms. The molecule has 0 bridgehead atoms. The average molecular weight is 251 g/mol.